The van der Waals surface area contributed by atoms with Crippen LogP contribution >= 0.6 is 0 Å². The van der Waals surface area contributed by atoms with Crippen LogP contribution in [-0.2, 0) is 0 Å². The van der Waals surface area contributed by atoms with Crippen LogP contribution < -0.4 is 5.73 Å². The normalized spacial score (nSPS) is 15.4. The van der Waals surface area contributed by atoms with E-state index in [-0.39, 0.29) is 5.41 Å². The molecule has 0 aliphatic rings. The zero-order valence-corrected chi connectivity index (χ0v) is 8.23. The van der Waals surface area contributed by atoms with Gasteiger partial charge in [-0.3, -0.25) is 0 Å². The van der Waals surface area contributed by atoms with Crippen LogP contribution in [0.3, 0.4) is 0 Å². The Kier molecular flexibility index (Phi) is 3.37. The van der Waals surface area contributed by atoms with Crippen LogP contribution in [0.4, 0.5) is 0 Å². The maximum Gasteiger partial charge on any atom is 0.00488 e. The first-order valence-corrected chi connectivity index (χ1v) is 3.95. The fourth-order valence-electron chi connectivity index (χ4n) is 0.506. The average molecular weight is 153 g/mol. The van der Waals surface area contributed by atoms with Crippen LogP contribution in [0.15, 0.2) is 23.4 Å². The minimum Gasteiger partial charge on any atom is -0.402 e. The summed E-state index contributed by atoms with van der Waals surface area (Å²) in [5.41, 5.74) is 7.96. The molecule has 0 amide bonds. The first-order chi connectivity index (χ1) is 4.84. The van der Waals surface area contributed by atoms with Crippen molar-refractivity contribution in [2.75, 3.05) is 0 Å². The number of allylic oxidation sites excluding steroid dienone is 4. The zero-order chi connectivity index (χ0) is 9.07. The van der Waals surface area contributed by atoms with Crippen molar-refractivity contribution in [3.05, 3.63) is 23.4 Å². The Bertz CT molecular complexity index is 176. The molecule has 1 nitrogen and oxygen atoms in total. The highest BCUT2D eigenvalue weighted by atomic mass is 14.5. The van der Waals surface area contributed by atoms with Crippen molar-refractivity contribution in [2.24, 2.45) is 11.1 Å². The first kappa shape index (κ1) is 10.3. The fourth-order valence-corrected chi connectivity index (χ4v) is 0.506. The number of nitrogens with two attached hydrogens (primary N) is 1. The number of hydrogen-bond donors (Lipinski definition) is 1. The second kappa shape index (κ2) is 3.61. The predicted octanol–water partition coefficient (Wildman–Crippen LogP) is 2.84. The third-order valence-electron chi connectivity index (χ3n) is 1.78. The molecule has 2 N–H and O–H groups in total. The Morgan fingerprint density at radius 2 is 1.55 bits per heavy atom. The Hall–Kier alpha value is -0.720. The van der Waals surface area contributed by atoms with Crippen LogP contribution in [0, 0.1) is 5.41 Å². The topological polar surface area (TPSA) is 26.0 Å². The molecule has 0 aliphatic heterocycles. The lowest BCUT2D eigenvalue weighted by Crippen LogP contribution is -2.06. The lowest BCUT2D eigenvalue weighted by Gasteiger charge is -2.18. The maximum atomic E-state index is 5.50. The summed E-state index contributed by atoms with van der Waals surface area (Å²) in [5, 5.41) is 0. The van der Waals surface area contributed by atoms with E-state index in [0.717, 1.165) is 5.70 Å². The molecule has 0 fully saturated rings. The van der Waals surface area contributed by atoms with Crippen molar-refractivity contribution in [1.82, 2.24) is 0 Å². The zero-order valence-electron chi connectivity index (χ0n) is 8.23. The average Bonchev–Trinajstić information content (AvgIpc) is 1.80. The van der Waals surface area contributed by atoms with E-state index >= 15 is 0 Å². The van der Waals surface area contributed by atoms with Gasteiger partial charge >= 0.3 is 0 Å². The highest BCUT2D eigenvalue weighted by Gasteiger charge is 2.10. The summed E-state index contributed by atoms with van der Waals surface area (Å²) in [6.45, 7) is 10.6. The smallest absolute Gasteiger partial charge is 0.00488 e. The number of hydrogen-bond acceptors (Lipinski definition) is 1. The van der Waals surface area contributed by atoms with Gasteiger partial charge in [0.1, 0.15) is 0 Å². The highest BCUT2D eigenvalue weighted by Crippen LogP contribution is 2.24. The van der Waals surface area contributed by atoms with Crippen LogP contribution in [0.1, 0.15) is 34.6 Å². The molecule has 0 aromatic carbocycles. The monoisotopic (exact) mass is 153 g/mol. The van der Waals surface area contributed by atoms with Gasteiger partial charge in [-0.1, -0.05) is 32.4 Å². The molecule has 0 saturated heterocycles. The third-order valence-corrected chi connectivity index (χ3v) is 1.78. The van der Waals surface area contributed by atoms with E-state index in [9.17, 15) is 0 Å². The van der Waals surface area contributed by atoms with Crippen molar-refractivity contribution in [3.8, 4) is 0 Å². The quantitative estimate of drug-likeness (QED) is 0.576. The van der Waals surface area contributed by atoms with E-state index < -0.39 is 0 Å². The Morgan fingerprint density at radius 1 is 1.09 bits per heavy atom. The van der Waals surface area contributed by atoms with E-state index in [2.05, 4.69) is 33.8 Å². The molecule has 0 unspecified atom stereocenters. The van der Waals surface area contributed by atoms with Gasteiger partial charge in [0.15, 0.2) is 0 Å². The molecule has 0 saturated carbocycles. The highest BCUT2D eigenvalue weighted by molar-refractivity contribution is 5.17. The van der Waals surface area contributed by atoms with Crippen LogP contribution in [0.5, 0.6) is 0 Å². The maximum absolute atomic E-state index is 5.50. The minimum absolute atomic E-state index is 0.256. The number of rotatable bonds is 1. The van der Waals surface area contributed by atoms with Gasteiger partial charge in [0, 0.05) is 5.70 Å². The molecule has 0 aromatic heterocycles. The standard InChI is InChI=1S/C10H19N/c1-8(10(3,4)5)6-7-9(2)11/h6-7H,11H2,1-5H3/b8-6+,9-7+. The summed E-state index contributed by atoms with van der Waals surface area (Å²) < 4.78 is 0. The minimum atomic E-state index is 0.256. The van der Waals surface area contributed by atoms with E-state index in [1.165, 1.54) is 5.57 Å². The Morgan fingerprint density at radius 3 is 1.82 bits per heavy atom. The predicted molar refractivity (Wildman–Crippen MR) is 51.2 cm³/mol. The van der Waals surface area contributed by atoms with Gasteiger partial charge in [0.25, 0.3) is 0 Å². The van der Waals surface area contributed by atoms with Crippen LogP contribution in [0.2, 0.25) is 0 Å². The van der Waals surface area contributed by atoms with Gasteiger partial charge in [-0.05, 0) is 25.3 Å². The van der Waals surface area contributed by atoms with Gasteiger partial charge < -0.3 is 5.73 Å². The van der Waals surface area contributed by atoms with Crippen molar-refractivity contribution in [2.45, 2.75) is 34.6 Å². The van der Waals surface area contributed by atoms with E-state index in [0.29, 0.717) is 0 Å². The lowest BCUT2D eigenvalue weighted by atomic mass is 9.87. The summed E-state index contributed by atoms with van der Waals surface area (Å²) in [6, 6.07) is 0. The molecular formula is C10H19N. The van der Waals surface area contributed by atoms with E-state index in [1.807, 2.05) is 13.0 Å². The molecule has 0 atom stereocenters. The van der Waals surface area contributed by atoms with Crippen molar-refractivity contribution < 1.29 is 0 Å². The summed E-state index contributed by atoms with van der Waals surface area (Å²) >= 11 is 0. The molecule has 0 spiro atoms. The second-order valence-corrected chi connectivity index (χ2v) is 4.01. The Labute approximate surface area is 70.0 Å². The van der Waals surface area contributed by atoms with Crippen LogP contribution in [-0.4, -0.2) is 0 Å². The summed E-state index contributed by atoms with van der Waals surface area (Å²) in [4.78, 5) is 0. The van der Waals surface area contributed by atoms with Crippen molar-refractivity contribution in [1.29, 1.82) is 0 Å². The van der Waals surface area contributed by atoms with Gasteiger partial charge in [-0.2, -0.15) is 0 Å². The third kappa shape index (κ3) is 4.65. The molecule has 1 heteroatoms. The summed E-state index contributed by atoms with van der Waals surface area (Å²) in [6.07, 6.45) is 4.02. The summed E-state index contributed by atoms with van der Waals surface area (Å²) in [5.74, 6) is 0. The van der Waals surface area contributed by atoms with Crippen molar-refractivity contribution in [3.63, 3.8) is 0 Å². The SMILES string of the molecule is C/C(N)=C\C=C(/C)C(C)(C)C. The summed E-state index contributed by atoms with van der Waals surface area (Å²) in [7, 11) is 0. The fraction of sp³-hybridized carbons (Fsp3) is 0.600. The van der Waals surface area contributed by atoms with Crippen molar-refractivity contribution >= 4 is 0 Å². The van der Waals surface area contributed by atoms with Gasteiger partial charge in [0.05, 0.1) is 0 Å². The lowest BCUT2D eigenvalue weighted by molar-refractivity contribution is 0.504. The molecule has 0 aromatic rings. The molecule has 0 bridgehead atoms. The van der Waals surface area contributed by atoms with E-state index in [1.54, 1.807) is 0 Å². The molecule has 0 radical (unpaired) electrons. The molecular weight excluding hydrogens is 134 g/mol. The first-order valence-electron chi connectivity index (χ1n) is 3.95. The second-order valence-electron chi connectivity index (χ2n) is 4.01. The molecule has 0 rings (SSSR count). The van der Waals surface area contributed by atoms with Gasteiger partial charge in [-0.25, -0.2) is 0 Å². The van der Waals surface area contributed by atoms with E-state index in [4.69, 9.17) is 5.73 Å². The Balaban J connectivity index is 4.36. The molecule has 0 aliphatic carbocycles. The largest absolute Gasteiger partial charge is 0.402 e. The molecule has 64 valence electrons. The van der Waals surface area contributed by atoms with Gasteiger partial charge in [-0.15, -0.1) is 0 Å². The van der Waals surface area contributed by atoms with Crippen LogP contribution in [0.25, 0.3) is 0 Å². The molecule has 11 heavy (non-hydrogen) atoms. The molecule has 0 heterocycles. The van der Waals surface area contributed by atoms with Gasteiger partial charge in [0.2, 0.25) is 0 Å².